The van der Waals surface area contributed by atoms with Crippen molar-refractivity contribution in [3.8, 4) is 0 Å². The highest BCUT2D eigenvalue weighted by Gasteiger charge is 2.17. The summed E-state index contributed by atoms with van der Waals surface area (Å²) in [5.41, 5.74) is 2.83. The molecule has 2 N–H and O–H groups in total. The van der Waals surface area contributed by atoms with Gasteiger partial charge in [-0.2, -0.15) is 0 Å². The zero-order chi connectivity index (χ0) is 24.9. The number of hydrogen-bond donors (Lipinski definition) is 2. The first-order valence-electron chi connectivity index (χ1n) is 11.1. The molecule has 0 aliphatic carbocycles. The maximum Gasteiger partial charge on any atom is 0.321 e. The fourth-order valence-electron chi connectivity index (χ4n) is 3.91. The number of nitrogens with one attached hydrogen (secondary N) is 2. The number of anilines is 1. The van der Waals surface area contributed by atoms with Crippen molar-refractivity contribution in [2.24, 2.45) is 0 Å². The van der Waals surface area contributed by atoms with Gasteiger partial charge in [0.05, 0.1) is 22.6 Å². The van der Waals surface area contributed by atoms with Crippen molar-refractivity contribution in [3.63, 3.8) is 0 Å². The van der Waals surface area contributed by atoms with Crippen LogP contribution in [0.15, 0.2) is 72.8 Å². The average molecular weight is 510 g/mol. The lowest BCUT2D eigenvalue weighted by Crippen LogP contribution is -2.33. The smallest absolute Gasteiger partial charge is 0.321 e. The molecule has 0 unspecified atom stereocenters. The van der Waals surface area contributed by atoms with E-state index >= 15 is 0 Å². The van der Waals surface area contributed by atoms with Crippen LogP contribution < -0.4 is 10.9 Å². The second-order valence-corrected chi connectivity index (χ2v) is 9.01. The quantitative estimate of drug-likeness (QED) is 0.300. The molecular formula is C26H25Cl2N5O2. The van der Waals surface area contributed by atoms with Gasteiger partial charge in [-0.1, -0.05) is 47.5 Å². The molecule has 0 atom stereocenters. The van der Waals surface area contributed by atoms with Gasteiger partial charge in [-0.25, -0.2) is 4.79 Å². The van der Waals surface area contributed by atoms with Crippen LogP contribution in [0.5, 0.6) is 0 Å². The number of urea groups is 1. The van der Waals surface area contributed by atoms with E-state index in [0.29, 0.717) is 46.2 Å². The molecule has 0 aliphatic rings. The standard InChI is InChI=1S/C26H25Cl2N5O2/c1-31(26(35)30-20-7-3-2-4-8-20)15-6-16-32-24-21(28)9-5-10-22(24)33(25(32)29)17-23(34)18-11-13-19(27)14-12-18/h2-5,7-14,29H,6,15-17H2,1H3,(H,30,35). The number of ketones is 1. The lowest BCUT2D eigenvalue weighted by Gasteiger charge is -2.18. The van der Waals surface area contributed by atoms with Crippen molar-refractivity contribution in [3.05, 3.63) is 94.0 Å². The molecule has 35 heavy (non-hydrogen) atoms. The fourth-order valence-corrected chi connectivity index (χ4v) is 4.31. The van der Waals surface area contributed by atoms with Gasteiger partial charge < -0.3 is 19.4 Å². The van der Waals surface area contributed by atoms with Gasteiger partial charge in [0, 0.05) is 36.4 Å². The number of hydrogen-bond acceptors (Lipinski definition) is 3. The molecule has 7 nitrogen and oxygen atoms in total. The first-order chi connectivity index (χ1) is 16.8. The number of aryl methyl sites for hydroxylation is 1. The Labute approximate surface area is 213 Å². The van der Waals surface area contributed by atoms with Crippen LogP contribution in [-0.4, -0.2) is 39.4 Å². The molecule has 0 radical (unpaired) electrons. The van der Waals surface area contributed by atoms with Crippen LogP contribution in [0.3, 0.4) is 0 Å². The third kappa shape index (κ3) is 5.58. The summed E-state index contributed by atoms with van der Waals surface area (Å²) in [5, 5.41) is 12.7. The highest BCUT2D eigenvalue weighted by Crippen LogP contribution is 2.23. The number of halogens is 2. The second-order valence-electron chi connectivity index (χ2n) is 8.17. The summed E-state index contributed by atoms with van der Waals surface area (Å²) in [6.07, 6.45) is 0.602. The average Bonchev–Trinajstić information content (AvgIpc) is 3.12. The molecule has 0 saturated carbocycles. The molecule has 0 fully saturated rings. The Bertz CT molecular complexity index is 1410. The van der Waals surface area contributed by atoms with Crippen molar-refractivity contribution in [1.82, 2.24) is 14.0 Å². The lowest BCUT2D eigenvalue weighted by atomic mass is 10.1. The molecule has 1 aromatic heterocycles. The molecular weight excluding hydrogens is 485 g/mol. The highest BCUT2D eigenvalue weighted by atomic mass is 35.5. The molecule has 0 aliphatic heterocycles. The van der Waals surface area contributed by atoms with Crippen LogP contribution in [0.2, 0.25) is 10.0 Å². The van der Waals surface area contributed by atoms with Gasteiger partial charge in [-0.05, 0) is 55.0 Å². The zero-order valence-electron chi connectivity index (χ0n) is 19.2. The van der Waals surface area contributed by atoms with E-state index in [1.165, 1.54) is 0 Å². The molecule has 0 spiro atoms. The number of Topliss-reactive ketones (excluding diaryl/α,β-unsaturated/α-hetero) is 1. The van der Waals surface area contributed by atoms with Crippen LogP contribution in [0.25, 0.3) is 11.0 Å². The predicted octanol–water partition coefficient (Wildman–Crippen LogP) is 5.67. The minimum absolute atomic E-state index is 0.00366. The largest absolute Gasteiger partial charge is 0.328 e. The summed E-state index contributed by atoms with van der Waals surface area (Å²) >= 11 is 12.4. The van der Waals surface area contributed by atoms with Crippen LogP contribution in [-0.2, 0) is 13.1 Å². The van der Waals surface area contributed by atoms with E-state index in [-0.39, 0.29) is 24.0 Å². The van der Waals surface area contributed by atoms with Gasteiger partial charge in [0.15, 0.2) is 5.78 Å². The molecule has 2 amide bonds. The normalized spacial score (nSPS) is 10.9. The number of rotatable bonds is 8. The van der Waals surface area contributed by atoms with Crippen LogP contribution >= 0.6 is 23.2 Å². The van der Waals surface area contributed by atoms with E-state index in [0.717, 1.165) is 5.69 Å². The van der Waals surface area contributed by atoms with Crippen LogP contribution in [0, 0.1) is 5.41 Å². The Hall–Kier alpha value is -3.55. The van der Waals surface area contributed by atoms with E-state index in [9.17, 15) is 9.59 Å². The summed E-state index contributed by atoms with van der Waals surface area (Å²) in [6, 6.07) is 21.2. The minimum atomic E-state index is -0.207. The number of aromatic nitrogens is 2. The SMILES string of the molecule is CN(CCCn1c(=N)n(CC(=O)c2ccc(Cl)cc2)c2cccc(Cl)c21)C(=O)Nc1ccccc1. The number of nitrogens with zero attached hydrogens (tertiary/aromatic N) is 3. The predicted molar refractivity (Wildman–Crippen MR) is 139 cm³/mol. The van der Waals surface area contributed by atoms with Gasteiger partial charge >= 0.3 is 6.03 Å². The van der Waals surface area contributed by atoms with E-state index in [2.05, 4.69) is 5.32 Å². The molecule has 180 valence electrons. The van der Waals surface area contributed by atoms with Gasteiger partial charge in [0.25, 0.3) is 0 Å². The van der Waals surface area contributed by atoms with E-state index in [1.807, 2.05) is 36.4 Å². The van der Waals surface area contributed by atoms with Crippen molar-refractivity contribution in [2.45, 2.75) is 19.5 Å². The highest BCUT2D eigenvalue weighted by molar-refractivity contribution is 6.35. The summed E-state index contributed by atoms with van der Waals surface area (Å²) in [7, 11) is 1.73. The number of imidazole rings is 1. The Kier molecular flexibility index (Phi) is 7.58. The molecule has 0 bridgehead atoms. The first kappa shape index (κ1) is 24.6. The monoisotopic (exact) mass is 509 g/mol. The summed E-state index contributed by atoms with van der Waals surface area (Å²) in [4.78, 5) is 27.0. The first-order valence-corrected chi connectivity index (χ1v) is 11.9. The maximum atomic E-state index is 12.9. The third-order valence-electron chi connectivity index (χ3n) is 5.75. The van der Waals surface area contributed by atoms with Gasteiger partial charge in [-0.15, -0.1) is 0 Å². The number of carbonyl (C=O) groups excluding carboxylic acids is 2. The van der Waals surface area contributed by atoms with E-state index in [1.54, 1.807) is 57.5 Å². The van der Waals surface area contributed by atoms with Gasteiger partial charge in [0.2, 0.25) is 5.62 Å². The van der Waals surface area contributed by atoms with Crippen LogP contribution in [0.4, 0.5) is 10.5 Å². The summed E-state index contributed by atoms with van der Waals surface area (Å²) in [5.74, 6) is -0.128. The van der Waals surface area contributed by atoms with Crippen LogP contribution in [0.1, 0.15) is 16.8 Å². The number of fused-ring (bicyclic) bond motifs is 1. The van der Waals surface area contributed by atoms with Crippen molar-refractivity contribution in [1.29, 1.82) is 5.41 Å². The van der Waals surface area contributed by atoms with E-state index in [4.69, 9.17) is 28.6 Å². The Morgan fingerprint density at radius 3 is 2.37 bits per heavy atom. The minimum Gasteiger partial charge on any atom is -0.328 e. The number of carbonyl (C=O) groups is 2. The third-order valence-corrected chi connectivity index (χ3v) is 6.31. The summed E-state index contributed by atoms with van der Waals surface area (Å²) in [6.45, 7) is 0.944. The maximum absolute atomic E-state index is 12.9. The topological polar surface area (TPSA) is 83.1 Å². The Morgan fingerprint density at radius 2 is 1.66 bits per heavy atom. The zero-order valence-corrected chi connectivity index (χ0v) is 20.7. The Balaban J connectivity index is 1.50. The van der Waals surface area contributed by atoms with Crippen molar-refractivity contribution < 1.29 is 9.59 Å². The van der Waals surface area contributed by atoms with Crippen molar-refractivity contribution in [2.75, 3.05) is 18.9 Å². The van der Waals surface area contributed by atoms with Gasteiger partial charge in [0.1, 0.15) is 0 Å². The number of para-hydroxylation sites is 2. The molecule has 3 aromatic carbocycles. The number of benzene rings is 3. The lowest BCUT2D eigenvalue weighted by molar-refractivity contribution is 0.0971. The molecule has 0 saturated heterocycles. The Morgan fingerprint density at radius 1 is 0.943 bits per heavy atom. The molecule has 4 rings (SSSR count). The fraction of sp³-hybridized carbons (Fsp3) is 0.192. The number of amides is 2. The molecule has 9 heteroatoms. The summed E-state index contributed by atoms with van der Waals surface area (Å²) < 4.78 is 3.44. The molecule has 1 heterocycles. The second kappa shape index (κ2) is 10.8. The van der Waals surface area contributed by atoms with Gasteiger partial charge in [-0.3, -0.25) is 10.2 Å². The molecule has 4 aromatic rings. The van der Waals surface area contributed by atoms with E-state index < -0.39 is 0 Å². The van der Waals surface area contributed by atoms with Crippen molar-refractivity contribution >= 4 is 51.7 Å².